The molecule has 0 bridgehead atoms. The molecule has 6 rings (SSSR count). The van der Waals surface area contributed by atoms with E-state index in [-0.39, 0.29) is 23.6 Å². The molecule has 1 atom stereocenters. The van der Waals surface area contributed by atoms with E-state index >= 15 is 0 Å². The maximum absolute atomic E-state index is 13.8. The third kappa shape index (κ3) is 6.45. The van der Waals surface area contributed by atoms with Gasteiger partial charge < -0.3 is 35.6 Å². The van der Waals surface area contributed by atoms with E-state index in [0.29, 0.717) is 29.0 Å². The summed E-state index contributed by atoms with van der Waals surface area (Å²) in [5, 5.41) is 0. The Morgan fingerprint density at radius 2 is 1.78 bits per heavy atom. The van der Waals surface area contributed by atoms with Crippen molar-refractivity contribution in [3.05, 3.63) is 107 Å². The number of nitrogens with two attached hydrogens (primary N) is 2. The average molecular weight is 621 g/mol. The molecule has 2 aliphatic heterocycles. The van der Waals surface area contributed by atoms with Crippen molar-refractivity contribution in [1.82, 2.24) is 24.8 Å². The standard InChI is InChI=1S/C35H40N8O3/c1-41-14-16-42(17-15-41)31-9-8-25(21-38-31)32-27-7-5-4-6-24(27)10-12-43(32)13-11-29(44)28-19-23(20-30(45-2)33(28)46-3)18-26-22-39-35(37)40-34(26)36/h4-9,11,13,19-22,32H,10,12,14-18H2,1-3H3,(H4,36,37,39,40)/b13-11+. The van der Waals surface area contributed by atoms with Crippen LogP contribution in [0.5, 0.6) is 11.5 Å². The molecule has 0 saturated carbocycles. The molecule has 2 aromatic carbocycles. The first-order chi connectivity index (χ1) is 22.3. The molecule has 11 nitrogen and oxygen atoms in total. The van der Waals surface area contributed by atoms with Crippen molar-refractivity contribution in [2.45, 2.75) is 18.9 Å². The van der Waals surface area contributed by atoms with Crippen molar-refractivity contribution in [3.63, 3.8) is 0 Å². The van der Waals surface area contributed by atoms with Gasteiger partial charge >= 0.3 is 0 Å². The smallest absolute Gasteiger partial charge is 0.221 e. The molecule has 4 N–H and O–H groups in total. The van der Waals surface area contributed by atoms with Gasteiger partial charge in [0.05, 0.1) is 25.8 Å². The number of anilines is 3. The quantitative estimate of drug-likeness (QED) is 0.209. The van der Waals surface area contributed by atoms with Crippen LogP contribution in [0.1, 0.15) is 44.2 Å². The van der Waals surface area contributed by atoms with Crippen molar-refractivity contribution in [2.75, 3.05) is 70.4 Å². The van der Waals surface area contributed by atoms with E-state index < -0.39 is 0 Å². The highest BCUT2D eigenvalue weighted by Crippen LogP contribution is 2.37. The predicted molar refractivity (Wildman–Crippen MR) is 179 cm³/mol. The van der Waals surface area contributed by atoms with E-state index in [2.05, 4.69) is 68.1 Å². The second-order valence-corrected chi connectivity index (χ2v) is 11.7. The summed E-state index contributed by atoms with van der Waals surface area (Å²) in [6.07, 6.45) is 8.33. The molecule has 238 valence electrons. The fourth-order valence-corrected chi connectivity index (χ4v) is 6.25. The van der Waals surface area contributed by atoms with Gasteiger partial charge in [0.15, 0.2) is 17.3 Å². The van der Waals surface area contributed by atoms with Crippen molar-refractivity contribution >= 4 is 23.4 Å². The van der Waals surface area contributed by atoms with Crippen LogP contribution in [0.4, 0.5) is 17.6 Å². The minimum absolute atomic E-state index is 0.0840. The number of aromatic nitrogens is 3. The number of fused-ring (bicyclic) bond motifs is 1. The molecule has 11 heteroatoms. The zero-order valence-corrected chi connectivity index (χ0v) is 26.5. The van der Waals surface area contributed by atoms with Crippen molar-refractivity contribution in [2.24, 2.45) is 0 Å². The summed E-state index contributed by atoms with van der Waals surface area (Å²) in [7, 11) is 5.23. The summed E-state index contributed by atoms with van der Waals surface area (Å²) in [5.41, 5.74) is 17.2. The number of rotatable bonds is 9. The number of carbonyl (C=O) groups is 1. The average Bonchev–Trinajstić information content (AvgIpc) is 3.08. The number of ketones is 1. The van der Waals surface area contributed by atoms with Gasteiger partial charge in [-0.2, -0.15) is 4.98 Å². The summed E-state index contributed by atoms with van der Waals surface area (Å²) in [4.78, 5) is 33.7. The molecule has 46 heavy (non-hydrogen) atoms. The summed E-state index contributed by atoms with van der Waals surface area (Å²) >= 11 is 0. The lowest BCUT2D eigenvalue weighted by atomic mass is 9.89. The minimum Gasteiger partial charge on any atom is -0.493 e. The number of hydrogen-bond donors (Lipinski definition) is 2. The van der Waals surface area contributed by atoms with Crippen LogP contribution in [0.15, 0.2) is 73.2 Å². The van der Waals surface area contributed by atoms with E-state index in [0.717, 1.165) is 56.1 Å². The van der Waals surface area contributed by atoms with Crippen LogP contribution >= 0.6 is 0 Å². The Hall–Kier alpha value is -5.16. The van der Waals surface area contributed by atoms with Crippen LogP contribution in [0, 0.1) is 0 Å². The first-order valence-electron chi connectivity index (χ1n) is 15.4. The van der Waals surface area contributed by atoms with Crippen LogP contribution in [-0.2, 0) is 12.8 Å². The highest BCUT2D eigenvalue weighted by Gasteiger charge is 2.28. The van der Waals surface area contributed by atoms with Gasteiger partial charge in [-0.05, 0) is 53.9 Å². The monoisotopic (exact) mass is 620 g/mol. The van der Waals surface area contributed by atoms with E-state index in [1.54, 1.807) is 25.4 Å². The maximum atomic E-state index is 13.8. The summed E-state index contributed by atoms with van der Waals surface area (Å²) in [6.45, 7) is 4.72. The first-order valence-corrected chi connectivity index (χ1v) is 15.4. The molecular weight excluding hydrogens is 580 g/mol. The molecule has 0 aliphatic carbocycles. The van der Waals surface area contributed by atoms with Crippen LogP contribution in [0.25, 0.3) is 0 Å². The number of carbonyl (C=O) groups excluding carboxylic acids is 1. The molecular formula is C35H40N8O3. The number of hydrogen-bond acceptors (Lipinski definition) is 11. The summed E-state index contributed by atoms with van der Waals surface area (Å²) in [5.74, 6) is 1.99. The van der Waals surface area contributed by atoms with E-state index in [1.165, 1.54) is 18.2 Å². The number of likely N-dealkylation sites (N-methyl/N-ethyl adjacent to an activating group) is 1. The van der Waals surface area contributed by atoms with E-state index in [9.17, 15) is 4.79 Å². The first kappa shape index (κ1) is 30.8. The van der Waals surface area contributed by atoms with Crippen LogP contribution in [-0.4, -0.2) is 84.5 Å². The Morgan fingerprint density at radius 3 is 2.50 bits per heavy atom. The lowest BCUT2D eigenvalue weighted by Crippen LogP contribution is -2.44. The number of nitrogens with zero attached hydrogens (tertiary/aromatic N) is 6. The van der Waals surface area contributed by atoms with Crippen LogP contribution in [0.3, 0.4) is 0 Å². The van der Waals surface area contributed by atoms with Crippen molar-refractivity contribution in [1.29, 1.82) is 0 Å². The second kappa shape index (κ2) is 13.5. The third-order valence-electron chi connectivity index (χ3n) is 8.77. The molecule has 2 aliphatic rings. The summed E-state index contributed by atoms with van der Waals surface area (Å²) in [6, 6.07) is 16.3. The summed E-state index contributed by atoms with van der Waals surface area (Å²) < 4.78 is 11.3. The van der Waals surface area contributed by atoms with Gasteiger partial charge in [-0.3, -0.25) is 4.79 Å². The Bertz CT molecular complexity index is 1730. The molecule has 4 heterocycles. The molecule has 2 aromatic heterocycles. The fraction of sp³-hybridized carbons (Fsp3) is 0.314. The van der Waals surface area contributed by atoms with Gasteiger partial charge in [-0.25, -0.2) is 9.97 Å². The van der Waals surface area contributed by atoms with Crippen molar-refractivity contribution < 1.29 is 14.3 Å². The maximum Gasteiger partial charge on any atom is 0.221 e. The van der Waals surface area contributed by atoms with Gasteiger partial charge in [0.1, 0.15) is 11.6 Å². The molecule has 0 spiro atoms. The van der Waals surface area contributed by atoms with Gasteiger partial charge in [0.2, 0.25) is 5.95 Å². The Balaban J connectivity index is 1.29. The third-order valence-corrected chi connectivity index (χ3v) is 8.77. The number of ether oxygens (including phenoxy) is 2. The van der Waals surface area contributed by atoms with Crippen LogP contribution < -0.4 is 25.8 Å². The highest BCUT2D eigenvalue weighted by atomic mass is 16.5. The zero-order chi connectivity index (χ0) is 32.2. The number of nitrogen functional groups attached to an aromatic ring is 2. The SMILES string of the molecule is COc1cc(Cc2cnc(N)nc2N)cc(C(=O)/C=C/N2CCc3ccccc3C2c2ccc(N3CCN(C)CC3)nc2)c1OC. The highest BCUT2D eigenvalue weighted by molar-refractivity contribution is 6.07. The second-order valence-electron chi connectivity index (χ2n) is 11.7. The largest absolute Gasteiger partial charge is 0.493 e. The Labute approximate surface area is 269 Å². The number of methoxy groups -OCH3 is 2. The van der Waals surface area contributed by atoms with Gasteiger partial charge in [-0.15, -0.1) is 0 Å². The molecule has 1 fully saturated rings. The van der Waals surface area contributed by atoms with Crippen molar-refractivity contribution in [3.8, 4) is 11.5 Å². The van der Waals surface area contributed by atoms with Gasteiger partial charge in [0.25, 0.3) is 0 Å². The molecule has 1 unspecified atom stereocenters. The minimum atomic E-state index is -0.209. The topological polar surface area (TPSA) is 136 Å². The Kier molecular flexibility index (Phi) is 9.02. The van der Waals surface area contributed by atoms with Gasteiger partial charge in [0, 0.05) is 69.4 Å². The number of benzene rings is 2. The number of piperazine rings is 1. The Morgan fingerprint density at radius 1 is 0.978 bits per heavy atom. The lowest BCUT2D eigenvalue weighted by Gasteiger charge is -2.37. The van der Waals surface area contributed by atoms with E-state index in [1.807, 2.05) is 18.5 Å². The van der Waals surface area contributed by atoms with Crippen LogP contribution in [0.2, 0.25) is 0 Å². The lowest BCUT2D eigenvalue weighted by molar-refractivity contribution is 0.104. The fourth-order valence-electron chi connectivity index (χ4n) is 6.25. The zero-order valence-electron chi connectivity index (χ0n) is 26.5. The van der Waals surface area contributed by atoms with Gasteiger partial charge in [-0.1, -0.05) is 30.3 Å². The number of allylic oxidation sites excluding steroid dienone is 1. The molecule has 0 radical (unpaired) electrons. The van der Waals surface area contributed by atoms with E-state index in [4.69, 9.17) is 25.9 Å². The normalized spacial score (nSPS) is 16.8. The predicted octanol–water partition coefficient (Wildman–Crippen LogP) is 3.74. The molecule has 0 amide bonds. The number of pyridine rings is 1. The molecule has 1 saturated heterocycles. The molecule has 4 aromatic rings.